The molecule has 0 aliphatic carbocycles. The average Bonchev–Trinajstić information content (AvgIpc) is 1.66. The number of carbonyl (C=O) groups is 1. The maximum absolute atomic E-state index is 9.78. The van der Waals surface area contributed by atoms with Crippen molar-refractivity contribution in [2.24, 2.45) is 0 Å². The predicted molar refractivity (Wildman–Crippen MR) is 29.8 cm³/mol. The van der Waals surface area contributed by atoms with Crippen LogP contribution in [-0.2, 0) is 4.79 Å². The van der Waals surface area contributed by atoms with Crippen molar-refractivity contribution in [2.75, 3.05) is 13.1 Å². The summed E-state index contributed by atoms with van der Waals surface area (Å²) in [6.07, 6.45) is 0.924. The Kier molecular flexibility index (Phi) is 4.26. The van der Waals surface area contributed by atoms with Gasteiger partial charge in [0.2, 0.25) is 0 Å². The molecular weight excluding hydrogens is 106 g/mol. The van der Waals surface area contributed by atoms with Crippen molar-refractivity contribution in [3.63, 3.8) is 0 Å². The molecule has 0 aliphatic heterocycles. The molecule has 0 fully saturated rings. The van der Waals surface area contributed by atoms with E-state index in [1.165, 1.54) is 0 Å². The highest BCUT2D eigenvalue weighted by Gasteiger charge is 1.92. The normalized spacial score (nSPS) is 9.12. The zero-order valence-corrected chi connectivity index (χ0v) is 4.92. The maximum Gasteiger partial charge on any atom is 0.319 e. The van der Waals surface area contributed by atoms with Crippen molar-refractivity contribution in [2.45, 2.75) is 13.3 Å². The Morgan fingerprint density at radius 2 is 2.38 bits per heavy atom. The van der Waals surface area contributed by atoms with E-state index in [0.717, 1.165) is 6.42 Å². The molecule has 0 aromatic heterocycles. The number of hydrogen-bond acceptors (Lipinski definition) is 1. The molecule has 3 heteroatoms. The smallest absolute Gasteiger partial charge is 0.319 e. The number of aliphatic carboxylic acids is 1. The topological polar surface area (TPSA) is 51.4 Å². The van der Waals surface area contributed by atoms with Gasteiger partial charge in [0.1, 0.15) is 6.54 Å². The van der Waals surface area contributed by atoms with Crippen LogP contribution in [0.2, 0.25) is 0 Å². The minimum absolute atomic E-state index is 0.0478. The molecule has 47 valence electrons. The van der Waals surface area contributed by atoms with Gasteiger partial charge < -0.3 is 5.11 Å². The van der Waals surface area contributed by atoms with Crippen LogP contribution in [0.25, 0.3) is 0 Å². The van der Waals surface area contributed by atoms with Crippen molar-refractivity contribution in [1.29, 1.82) is 0 Å². The molecule has 3 nitrogen and oxygen atoms in total. The summed E-state index contributed by atoms with van der Waals surface area (Å²) in [6.45, 7) is 2.57. The number of nitrogens with zero attached hydrogens (tertiary/aromatic N) is 1. The van der Waals surface area contributed by atoms with E-state index in [1.54, 1.807) is 0 Å². The molecule has 0 heterocycles. The Morgan fingerprint density at radius 3 is 2.75 bits per heavy atom. The van der Waals surface area contributed by atoms with Crippen LogP contribution < -0.4 is 5.32 Å². The first-order chi connectivity index (χ1) is 3.77. The van der Waals surface area contributed by atoms with Gasteiger partial charge in [0.15, 0.2) is 0 Å². The maximum atomic E-state index is 9.78. The van der Waals surface area contributed by atoms with E-state index in [9.17, 15) is 4.79 Å². The summed E-state index contributed by atoms with van der Waals surface area (Å²) < 4.78 is 0. The number of hydrogen-bond donors (Lipinski definition) is 1. The van der Waals surface area contributed by atoms with Crippen LogP contribution in [-0.4, -0.2) is 24.2 Å². The van der Waals surface area contributed by atoms with Crippen molar-refractivity contribution < 1.29 is 9.90 Å². The van der Waals surface area contributed by atoms with Crippen LogP contribution in [0.1, 0.15) is 13.3 Å². The van der Waals surface area contributed by atoms with Gasteiger partial charge in [-0.1, -0.05) is 6.92 Å². The first-order valence-electron chi connectivity index (χ1n) is 2.62. The molecule has 0 atom stereocenters. The number of carboxylic acids is 1. The van der Waals surface area contributed by atoms with E-state index in [-0.39, 0.29) is 6.54 Å². The monoisotopic (exact) mass is 116 g/mol. The van der Waals surface area contributed by atoms with Crippen molar-refractivity contribution in [3.8, 4) is 0 Å². The molecule has 0 amide bonds. The van der Waals surface area contributed by atoms with Gasteiger partial charge in [-0.2, -0.15) is 0 Å². The second kappa shape index (κ2) is 4.59. The minimum Gasteiger partial charge on any atom is -0.480 e. The molecule has 0 spiro atoms. The standard InChI is InChI=1S/C5H10NO2/c1-2-3-6-4-5(7)8/h2-4H2,1H3,(H,7,8). The SMILES string of the molecule is CCC[N]CC(=O)O. The second-order valence-electron chi connectivity index (χ2n) is 1.50. The van der Waals surface area contributed by atoms with E-state index >= 15 is 0 Å². The summed E-state index contributed by atoms with van der Waals surface area (Å²) in [4.78, 5) is 9.78. The molecule has 0 aromatic rings. The van der Waals surface area contributed by atoms with Crippen LogP contribution >= 0.6 is 0 Å². The van der Waals surface area contributed by atoms with E-state index in [1.807, 2.05) is 6.92 Å². The molecule has 0 aromatic carbocycles. The summed E-state index contributed by atoms with van der Waals surface area (Å²) in [5.74, 6) is -0.849. The van der Waals surface area contributed by atoms with Gasteiger partial charge in [0.25, 0.3) is 0 Å². The van der Waals surface area contributed by atoms with E-state index < -0.39 is 5.97 Å². The lowest BCUT2D eigenvalue weighted by Crippen LogP contribution is -2.15. The molecule has 0 saturated heterocycles. The summed E-state index contributed by atoms with van der Waals surface area (Å²) in [5, 5.41) is 11.7. The molecule has 8 heavy (non-hydrogen) atoms. The Labute approximate surface area is 48.7 Å². The van der Waals surface area contributed by atoms with E-state index in [0.29, 0.717) is 6.54 Å². The van der Waals surface area contributed by atoms with Gasteiger partial charge in [0.05, 0.1) is 0 Å². The summed E-state index contributed by atoms with van der Waals surface area (Å²) in [7, 11) is 0. The third-order valence-corrected chi connectivity index (χ3v) is 0.629. The summed E-state index contributed by atoms with van der Waals surface area (Å²) in [5.41, 5.74) is 0. The largest absolute Gasteiger partial charge is 0.480 e. The van der Waals surface area contributed by atoms with Crippen LogP contribution in [0, 0.1) is 0 Å². The first kappa shape index (κ1) is 7.43. The summed E-state index contributed by atoms with van der Waals surface area (Å²) >= 11 is 0. The predicted octanol–water partition coefficient (Wildman–Crippen LogP) is 0.0854. The minimum atomic E-state index is -0.849. The lowest BCUT2D eigenvalue weighted by molar-refractivity contribution is -0.136. The molecule has 0 rings (SSSR count). The fourth-order valence-electron chi connectivity index (χ4n) is 0.333. The van der Waals surface area contributed by atoms with Gasteiger partial charge in [-0.15, -0.1) is 0 Å². The zero-order valence-electron chi connectivity index (χ0n) is 4.92. The van der Waals surface area contributed by atoms with Crippen LogP contribution in [0.5, 0.6) is 0 Å². The van der Waals surface area contributed by atoms with Gasteiger partial charge in [-0.3, -0.25) is 4.79 Å². The zero-order chi connectivity index (χ0) is 6.41. The highest BCUT2D eigenvalue weighted by Crippen LogP contribution is 1.70. The van der Waals surface area contributed by atoms with Crippen molar-refractivity contribution >= 4 is 5.97 Å². The van der Waals surface area contributed by atoms with Crippen LogP contribution in [0.15, 0.2) is 0 Å². The lowest BCUT2D eigenvalue weighted by atomic mass is 10.5. The summed E-state index contributed by atoms with van der Waals surface area (Å²) in [6, 6.07) is 0. The Balaban J connectivity index is 2.82. The Hall–Kier alpha value is -0.570. The molecule has 0 bridgehead atoms. The highest BCUT2D eigenvalue weighted by molar-refractivity contribution is 5.68. The van der Waals surface area contributed by atoms with Crippen LogP contribution in [0.4, 0.5) is 0 Å². The number of carboxylic acid groups (broad SMARTS) is 1. The molecule has 1 N–H and O–H groups in total. The highest BCUT2D eigenvalue weighted by atomic mass is 16.4. The van der Waals surface area contributed by atoms with Gasteiger partial charge in [-0.25, -0.2) is 5.32 Å². The molecule has 0 saturated carbocycles. The van der Waals surface area contributed by atoms with Crippen LogP contribution in [0.3, 0.4) is 0 Å². The van der Waals surface area contributed by atoms with Crippen molar-refractivity contribution in [3.05, 3.63) is 0 Å². The van der Waals surface area contributed by atoms with Gasteiger partial charge >= 0.3 is 5.97 Å². The lowest BCUT2D eigenvalue weighted by Gasteiger charge is -1.91. The fraction of sp³-hybridized carbons (Fsp3) is 0.800. The molecular formula is C5H10NO2. The number of rotatable bonds is 4. The average molecular weight is 116 g/mol. The first-order valence-corrected chi connectivity index (χ1v) is 2.62. The third kappa shape index (κ3) is 5.43. The van der Waals surface area contributed by atoms with Gasteiger partial charge in [-0.05, 0) is 6.42 Å². The molecule has 0 unspecified atom stereocenters. The Morgan fingerprint density at radius 1 is 1.75 bits per heavy atom. The van der Waals surface area contributed by atoms with E-state index in [4.69, 9.17) is 5.11 Å². The van der Waals surface area contributed by atoms with Gasteiger partial charge in [0, 0.05) is 6.54 Å². The van der Waals surface area contributed by atoms with Crippen molar-refractivity contribution in [1.82, 2.24) is 5.32 Å². The molecule has 0 aliphatic rings. The van der Waals surface area contributed by atoms with E-state index in [2.05, 4.69) is 5.32 Å². The fourth-order valence-corrected chi connectivity index (χ4v) is 0.333. The third-order valence-electron chi connectivity index (χ3n) is 0.629. The quantitative estimate of drug-likeness (QED) is 0.529. The Bertz CT molecular complexity index is 72.8. The molecule has 1 radical (unpaired) electrons. The second-order valence-corrected chi connectivity index (χ2v) is 1.50.